The normalized spacial score (nSPS) is 26.2. The highest BCUT2D eigenvalue weighted by Crippen LogP contribution is 2.34. The Labute approximate surface area is 78.5 Å². The van der Waals surface area contributed by atoms with Crippen molar-refractivity contribution in [2.75, 3.05) is 0 Å². The molecule has 0 aromatic carbocycles. The standard InChI is InChI=1S/C10H16N2O/c1-2-3-8-4-10(8)12-6-9-5-11-7-13-9/h5,7-8,10,12H,2-4,6H2,1H3. The summed E-state index contributed by atoms with van der Waals surface area (Å²) in [5.74, 6) is 1.84. The second-order valence-electron chi connectivity index (χ2n) is 3.74. The second kappa shape index (κ2) is 3.92. The van der Waals surface area contributed by atoms with E-state index < -0.39 is 0 Å². The van der Waals surface area contributed by atoms with Crippen LogP contribution in [0.2, 0.25) is 0 Å². The fourth-order valence-corrected chi connectivity index (χ4v) is 1.75. The largest absolute Gasteiger partial charge is 0.447 e. The van der Waals surface area contributed by atoms with Crippen molar-refractivity contribution in [1.82, 2.24) is 10.3 Å². The van der Waals surface area contributed by atoms with Crippen LogP contribution in [-0.4, -0.2) is 11.0 Å². The minimum Gasteiger partial charge on any atom is -0.447 e. The Bertz CT molecular complexity index is 245. The third-order valence-corrected chi connectivity index (χ3v) is 2.60. The molecule has 1 aromatic rings. The van der Waals surface area contributed by atoms with Crippen molar-refractivity contribution in [2.24, 2.45) is 5.92 Å². The predicted octanol–water partition coefficient (Wildman–Crippen LogP) is 1.95. The molecule has 2 unspecified atom stereocenters. The van der Waals surface area contributed by atoms with E-state index in [1.54, 1.807) is 6.20 Å². The molecule has 1 aliphatic rings. The summed E-state index contributed by atoms with van der Waals surface area (Å²) in [6.07, 6.45) is 7.23. The van der Waals surface area contributed by atoms with Crippen LogP contribution in [0, 0.1) is 5.92 Å². The SMILES string of the molecule is CCCC1CC1NCc1cnco1. The highest BCUT2D eigenvalue weighted by molar-refractivity contribution is 4.95. The number of oxazole rings is 1. The molecule has 0 spiro atoms. The Morgan fingerprint density at radius 1 is 1.69 bits per heavy atom. The lowest BCUT2D eigenvalue weighted by Gasteiger charge is -1.99. The number of aromatic nitrogens is 1. The number of hydrogen-bond donors (Lipinski definition) is 1. The van der Waals surface area contributed by atoms with E-state index in [4.69, 9.17) is 4.42 Å². The van der Waals surface area contributed by atoms with Crippen molar-refractivity contribution >= 4 is 0 Å². The molecular formula is C10H16N2O. The monoisotopic (exact) mass is 180 g/mol. The summed E-state index contributed by atoms with van der Waals surface area (Å²) in [7, 11) is 0. The van der Waals surface area contributed by atoms with Gasteiger partial charge in [0.2, 0.25) is 0 Å². The molecule has 2 rings (SSSR count). The number of hydrogen-bond acceptors (Lipinski definition) is 3. The van der Waals surface area contributed by atoms with Gasteiger partial charge in [0, 0.05) is 6.04 Å². The van der Waals surface area contributed by atoms with Crippen molar-refractivity contribution in [3.05, 3.63) is 18.4 Å². The smallest absolute Gasteiger partial charge is 0.180 e. The van der Waals surface area contributed by atoms with Crippen molar-refractivity contribution in [3.63, 3.8) is 0 Å². The van der Waals surface area contributed by atoms with E-state index >= 15 is 0 Å². The van der Waals surface area contributed by atoms with Crippen molar-refractivity contribution in [1.29, 1.82) is 0 Å². The van der Waals surface area contributed by atoms with E-state index in [1.165, 1.54) is 25.7 Å². The van der Waals surface area contributed by atoms with E-state index in [2.05, 4.69) is 17.2 Å². The van der Waals surface area contributed by atoms with Gasteiger partial charge in [0.05, 0.1) is 12.7 Å². The van der Waals surface area contributed by atoms with Crippen molar-refractivity contribution in [3.8, 4) is 0 Å². The van der Waals surface area contributed by atoms with Gasteiger partial charge in [-0.2, -0.15) is 0 Å². The van der Waals surface area contributed by atoms with E-state index in [1.807, 2.05) is 0 Å². The van der Waals surface area contributed by atoms with Crippen LogP contribution in [0.1, 0.15) is 31.9 Å². The van der Waals surface area contributed by atoms with Crippen molar-refractivity contribution < 1.29 is 4.42 Å². The lowest BCUT2D eigenvalue weighted by Crippen LogP contribution is -2.17. The van der Waals surface area contributed by atoms with Crippen LogP contribution in [0.15, 0.2) is 17.0 Å². The van der Waals surface area contributed by atoms with Gasteiger partial charge in [-0.25, -0.2) is 4.98 Å². The molecule has 3 nitrogen and oxygen atoms in total. The van der Waals surface area contributed by atoms with E-state index in [9.17, 15) is 0 Å². The molecule has 13 heavy (non-hydrogen) atoms. The molecule has 72 valence electrons. The summed E-state index contributed by atoms with van der Waals surface area (Å²) in [4.78, 5) is 3.87. The minimum absolute atomic E-state index is 0.727. The first kappa shape index (κ1) is 8.75. The van der Waals surface area contributed by atoms with Gasteiger partial charge in [0.15, 0.2) is 6.39 Å². The van der Waals surface area contributed by atoms with Gasteiger partial charge in [0.1, 0.15) is 5.76 Å². The lowest BCUT2D eigenvalue weighted by atomic mass is 10.2. The second-order valence-corrected chi connectivity index (χ2v) is 3.74. The van der Waals surface area contributed by atoms with E-state index in [0.29, 0.717) is 0 Å². The molecule has 3 heteroatoms. The quantitative estimate of drug-likeness (QED) is 0.752. The molecule has 1 aromatic heterocycles. The molecule has 0 aliphatic heterocycles. The summed E-state index contributed by atoms with van der Waals surface area (Å²) < 4.78 is 5.13. The van der Waals surface area contributed by atoms with Crippen LogP contribution in [0.25, 0.3) is 0 Å². The summed E-state index contributed by atoms with van der Waals surface area (Å²) in [5.41, 5.74) is 0. The van der Waals surface area contributed by atoms with Crippen LogP contribution in [0.3, 0.4) is 0 Å². The zero-order chi connectivity index (χ0) is 9.10. The number of rotatable bonds is 5. The summed E-state index contributed by atoms with van der Waals surface area (Å²) >= 11 is 0. The first-order valence-corrected chi connectivity index (χ1v) is 5.01. The number of nitrogens with zero attached hydrogens (tertiary/aromatic N) is 1. The molecular weight excluding hydrogens is 164 g/mol. The van der Waals surface area contributed by atoms with Crippen LogP contribution >= 0.6 is 0 Å². The van der Waals surface area contributed by atoms with Crippen LogP contribution < -0.4 is 5.32 Å². The van der Waals surface area contributed by atoms with Crippen LogP contribution in [-0.2, 0) is 6.54 Å². The van der Waals surface area contributed by atoms with Gasteiger partial charge in [-0.15, -0.1) is 0 Å². The van der Waals surface area contributed by atoms with Crippen molar-refractivity contribution in [2.45, 2.75) is 38.8 Å². The van der Waals surface area contributed by atoms with Gasteiger partial charge in [-0.3, -0.25) is 0 Å². The summed E-state index contributed by atoms with van der Waals surface area (Å²) in [5, 5.41) is 3.46. The topological polar surface area (TPSA) is 38.1 Å². The third-order valence-electron chi connectivity index (χ3n) is 2.60. The Kier molecular flexibility index (Phi) is 2.64. The molecule has 2 atom stereocenters. The predicted molar refractivity (Wildman–Crippen MR) is 50.1 cm³/mol. The average molecular weight is 180 g/mol. The first-order valence-electron chi connectivity index (χ1n) is 5.01. The van der Waals surface area contributed by atoms with Crippen LogP contribution in [0.5, 0.6) is 0 Å². The molecule has 1 N–H and O–H groups in total. The van der Waals surface area contributed by atoms with Gasteiger partial charge in [0.25, 0.3) is 0 Å². The minimum atomic E-state index is 0.727. The van der Waals surface area contributed by atoms with Gasteiger partial charge in [-0.1, -0.05) is 13.3 Å². The molecule has 1 saturated carbocycles. The maximum absolute atomic E-state index is 5.13. The Balaban J connectivity index is 1.65. The Morgan fingerprint density at radius 2 is 2.62 bits per heavy atom. The van der Waals surface area contributed by atoms with Crippen LogP contribution in [0.4, 0.5) is 0 Å². The molecule has 1 aliphatic carbocycles. The maximum Gasteiger partial charge on any atom is 0.180 e. The lowest BCUT2D eigenvalue weighted by molar-refractivity contribution is 0.471. The van der Waals surface area contributed by atoms with E-state index in [-0.39, 0.29) is 0 Å². The van der Waals surface area contributed by atoms with Gasteiger partial charge in [-0.05, 0) is 18.8 Å². The highest BCUT2D eigenvalue weighted by Gasteiger charge is 2.35. The maximum atomic E-state index is 5.13. The fourth-order valence-electron chi connectivity index (χ4n) is 1.75. The molecule has 1 fully saturated rings. The average Bonchev–Trinajstić information content (AvgIpc) is 2.66. The summed E-state index contributed by atoms with van der Waals surface area (Å²) in [6, 6.07) is 0.727. The van der Waals surface area contributed by atoms with E-state index in [0.717, 1.165) is 24.3 Å². The third kappa shape index (κ3) is 2.31. The zero-order valence-electron chi connectivity index (χ0n) is 7.99. The highest BCUT2D eigenvalue weighted by atomic mass is 16.3. The Hall–Kier alpha value is -0.830. The fraction of sp³-hybridized carbons (Fsp3) is 0.700. The molecule has 0 radical (unpaired) electrons. The molecule has 0 amide bonds. The van der Waals surface area contributed by atoms with Gasteiger partial charge < -0.3 is 9.73 Å². The summed E-state index contributed by atoms with van der Waals surface area (Å²) in [6.45, 7) is 3.07. The van der Waals surface area contributed by atoms with Gasteiger partial charge >= 0.3 is 0 Å². The molecule has 0 bridgehead atoms. The molecule has 1 heterocycles. The Morgan fingerprint density at radius 3 is 3.31 bits per heavy atom. The molecule has 0 saturated heterocycles. The zero-order valence-corrected chi connectivity index (χ0v) is 7.99. The number of nitrogens with one attached hydrogen (secondary N) is 1. The first-order chi connectivity index (χ1) is 6.40.